The third-order valence-corrected chi connectivity index (χ3v) is 7.96. The summed E-state index contributed by atoms with van der Waals surface area (Å²) < 4.78 is 5.44. The maximum atomic E-state index is 13.5. The molecule has 2 heteroatoms. The lowest BCUT2D eigenvalue weighted by Crippen LogP contribution is -2.42. The number of methoxy groups -OCH3 is 1. The first kappa shape index (κ1) is 18.7. The Morgan fingerprint density at radius 2 is 2.00 bits per heavy atom. The molecule has 0 amide bonds. The standard InChI is InChI=1S/C27H30O2/c1-17-5-4-6-18(13-17)14-20-16-25-24-9-7-19-15-21(29-3)8-10-22(19)23(24)11-12-27(25,2)26(20)28/h4-6,8,10,13-15,23-25H,7,9,11-12,16H2,1-3H3/b20-14+/t23-,24-,25+,27+/m1/s1. The van der Waals surface area contributed by atoms with E-state index in [4.69, 9.17) is 4.74 Å². The molecule has 0 aromatic heterocycles. The Kier molecular flexibility index (Phi) is 4.42. The van der Waals surface area contributed by atoms with Gasteiger partial charge in [-0.05, 0) is 97.3 Å². The highest BCUT2D eigenvalue weighted by atomic mass is 16.5. The zero-order valence-electron chi connectivity index (χ0n) is 17.7. The zero-order chi connectivity index (χ0) is 20.2. The number of rotatable bonds is 2. The number of ether oxygens (including phenoxy) is 1. The number of fused-ring (bicyclic) bond motifs is 5. The van der Waals surface area contributed by atoms with Crippen LogP contribution in [0.4, 0.5) is 0 Å². The molecule has 2 saturated carbocycles. The van der Waals surface area contributed by atoms with Gasteiger partial charge in [-0.25, -0.2) is 0 Å². The van der Waals surface area contributed by atoms with E-state index in [2.05, 4.69) is 62.4 Å². The quantitative estimate of drug-likeness (QED) is 0.581. The van der Waals surface area contributed by atoms with E-state index in [1.165, 1.54) is 23.1 Å². The fourth-order valence-corrected chi connectivity index (χ4v) is 6.45. The third-order valence-electron chi connectivity index (χ3n) is 7.96. The molecule has 0 N–H and O–H groups in total. The van der Waals surface area contributed by atoms with Gasteiger partial charge in [0.1, 0.15) is 5.75 Å². The lowest BCUT2D eigenvalue weighted by atomic mass is 9.55. The molecule has 0 unspecified atom stereocenters. The summed E-state index contributed by atoms with van der Waals surface area (Å²) in [6, 6.07) is 15.1. The molecule has 0 spiro atoms. The molecule has 29 heavy (non-hydrogen) atoms. The van der Waals surface area contributed by atoms with Gasteiger partial charge in [0, 0.05) is 5.41 Å². The van der Waals surface area contributed by atoms with Crippen LogP contribution < -0.4 is 4.74 Å². The van der Waals surface area contributed by atoms with Gasteiger partial charge in [0.2, 0.25) is 0 Å². The monoisotopic (exact) mass is 386 g/mol. The second-order valence-electron chi connectivity index (χ2n) is 9.55. The van der Waals surface area contributed by atoms with E-state index >= 15 is 0 Å². The summed E-state index contributed by atoms with van der Waals surface area (Å²) in [5.74, 6) is 3.04. The van der Waals surface area contributed by atoms with Crippen LogP contribution in [0.2, 0.25) is 0 Å². The summed E-state index contributed by atoms with van der Waals surface area (Å²) in [5.41, 5.74) is 6.23. The smallest absolute Gasteiger partial charge is 0.165 e. The number of Topliss-reactive ketones (excluding diaryl/α,β-unsaturated/α-hetero) is 1. The number of allylic oxidation sites excluding steroid dienone is 1. The van der Waals surface area contributed by atoms with Gasteiger partial charge >= 0.3 is 0 Å². The van der Waals surface area contributed by atoms with Crippen LogP contribution >= 0.6 is 0 Å². The SMILES string of the molecule is COc1ccc2c(c1)CC[C@@H]1[C@@H]2CC[C@]2(C)C(=O)/C(=C/c3cccc(C)c3)C[C@@H]12. The van der Waals surface area contributed by atoms with Crippen molar-refractivity contribution in [2.45, 2.75) is 51.9 Å². The molecule has 3 aliphatic carbocycles. The first-order valence-corrected chi connectivity index (χ1v) is 11.0. The van der Waals surface area contributed by atoms with Gasteiger partial charge in [-0.1, -0.05) is 42.8 Å². The lowest BCUT2D eigenvalue weighted by molar-refractivity contribution is -0.127. The topological polar surface area (TPSA) is 26.3 Å². The van der Waals surface area contributed by atoms with Crippen molar-refractivity contribution in [3.8, 4) is 5.75 Å². The van der Waals surface area contributed by atoms with Crippen molar-refractivity contribution < 1.29 is 9.53 Å². The molecule has 0 saturated heterocycles. The largest absolute Gasteiger partial charge is 0.497 e. The molecular weight excluding hydrogens is 356 g/mol. The molecule has 2 fully saturated rings. The van der Waals surface area contributed by atoms with Gasteiger partial charge in [0.25, 0.3) is 0 Å². The van der Waals surface area contributed by atoms with Crippen LogP contribution in [0, 0.1) is 24.2 Å². The van der Waals surface area contributed by atoms with Crippen molar-refractivity contribution in [3.63, 3.8) is 0 Å². The molecule has 0 aliphatic heterocycles. The molecule has 2 aromatic carbocycles. The number of hydrogen-bond donors (Lipinski definition) is 0. The van der Waals surface area contributed by atoms with Crippen LogP contribution in [0.15, 0.2) is 48.0 Å². The second kappa shape index (κ2) is 6.86. The van der Waals surface area contributed by atoms with Crippen molar-refractivity contribution >= 4 is 11.9 Å². The summed E-state index contributed by atoms with van der Waals surface area (Å²) in [6.07, 6.45) is 7.53. The van der Waals surface area contributed by atoms with E-state index in [0.717, 1.165) is 42.6 Å². The molecule has 150 valence electrons. The molecule has 0 bridgehead atoms. The first-order chi connectivity index (χ1) is 14.0. The number of hydrogen-bond acceptors (Lipinski definition) is 2. The number of ketones is 1. The molecule has 5 rings (SSSR count). The summed E-state index contributed by atoms with van der Waals surface area (Å²) in [7, 11) is 1.74. The minimum absolute atomic E-state index is 0.180. The molecule has 2 nitrogen and oxygen atoms in total. The normalized spacial score (nSPS) is 31.9. The predicted octanol–water partition coefficient (Wildman–Crippen LogP) is 6.12. The van der Waals surface area contributed by atoms with E-state index in [0.29, 0.717) is 23.5 Å². The Morgan fingerprint density at radius 3 is 2.79 bits per heavy atom. The first-order valence-electron chi connectivity index (χ1n) is 11.0. The van der Waals surface area contributed by atoms with Gasteiger partial charge in [-0.15, -0.1) is 0 Å². The second-order valence-corrected chi connectivity index (χ2v) is 9.55. The van der Waals surface area contributed by atoms with Crippen molar-refractivity contribution in [3.05, 3.63) is 70.3 Å². The van der Waals surface area contributed by atoms with Crippen molar-refractivity contribution in [2.75, 3.05) is 7.11 Å². The fourth-order valence-electron chi connectivity index (χ4n) is 6.45. The van der Waals surface area contributed by atoms with Crippen LogP contribution in [0.25, 0.3) is 6.08 Å². The van der Waals surface area contributed by atoms with E-state index in [-0.39, 0.29) is 5.41 Å². The van der Waals surface area contributed by atoms with Crippen molar-refractivity contribution in [2.24, 2.45) is 17.3 Å². The van der Waals surface area contributed by atoms with E-state index in [1.54, 1.807) is 7.11 Å². The highest BCUT2D eigenvalue weighted by molar-refractivity contribution is 6.06. The molecule has 4 atom stereocenters. The number of carbonyl (C=O) groups excluding carboxylic acids is 1. The van der Waals surface area contributed by atoms with Crippen LogP contribution in [-0.4, -0.2) is 12.9 Å². The Bertz CT molecular complexity index is 1000. The number of aryl methyl sites for hydroxylation is 2. The van der Waals surface area contributed by atoms with E-state index in [9.17, 15) is 4.79 Å². The maximum absolute atomic E-state index is 13.5. The molecule has 0 radical (unpaired) electrons. The lowest BCUT2D eigenvalue weighted by Gasteiger charge is -2.48. The molecule has 2 aromatic rings. The Morgan fingerprint density at radius 1 is 1.14 bits per heavy atom. The summed E-state index contributed by atoms with van der Waals surface area (Å²) in [4.78, 5) is 13.5. The number of benzene rings is 2. The minimum Gasteiger partial charge on any atom is -0.497 e. The summed E-state index contributed by atoms with van der Waals surface area (Å²) >= 11 is 0. The van der Waals surface area contributed by atoms with Crippen molar-refractivity contribution in [1.82, 2.24) is 0 Å². The van der Waals surface area contributed by atoms with E-state index in [1.807, 2.05) is 0 Å². The van der Waals surface area contributed by atoms with Gasteiger partial charge in [0.05, 0.1) is 7.11 Å². The predicted molar refractivity (Wildman–Crippen MR) is 117 cm³/mol. The average Bonchev–Trinajstić information content (AvgIpc) is 2.98. The number of carbonyl (C=O) groups is 1. The average molecular weight is 387 g/mol. The molecular formula is C27H30O2. The molecule has 0 heterocycles. The Hall–Kier alpha value is -2.35. The van der Waals surface area contributed by atoms with Gasteiger partial charge < -0.3 is 4.74 Å². The van der Waals surface area contributed by atoms with Gasteiger partial charge in [0.15, 0.2) is 5.78 Å². The minimum atomic E-state index is -0.180. The Labute approximate surface area is 174 Å². The fraction of sp³-hybridized carbons (Fsp3) is 0.444. The summed E-state index contributed by atoms with van der Waals surface area (Å²) in [6.45, 7) is 4.36. The highest BCUT2D eigenvalue weighted by Gasteiger charge is 2.56. The van der Waals surface area contributed by atoms with Crippen LogP contribution in [-0.2, 0) is 11.2 Å². The Balaban J connectivity index is 1.48. The van der Waals surface area contributed by atoms with Crippen LogP contribution in [0.3, 0.4) is 0 Å². The zero-order valence-corrected chi connectivity index (χ0v) is 17.7. The summed E-state index contributed by atoms with van der Waals surface area (Å²) in [5, 5.41) is 0. The van der Waals surface area contributed by atoms with Crippen molar-refractivity contribution in [1.29, 1.82) is 0 Å². The molecule has 3 aliphatic rings. The van der Waals surface area contributed by atoms with Gasteiger partial charge in [-0.2, -0.15) is 0 Å². The highest BCUT2D eigenvalue weighted by Crippen LogP contribution is 2.60. The third kappa shape index (κ3) is 2.96. The van der Waals surface area contributed by atoms with E-state index < -0.39 is 0 Å². The van der Waals surface area contributed by atoms with Crippen LogP contribution in [0.5, 0.6) is 5.75 Å². The van der Waals surface area contributed by atoms with Gasteiger partial charge in [-0.3, -0.25) is 4.79 Å². The van der Waals surface area contributed by atoms with Crippen LogP contribution in [0.1, 0.15) is 60.8 Å². The maximum Gasteiger partial charge on any atom is 0.165 e.